The van der Waals surface area contributed by atoms with Crippen molar-refractivity contribution in [3.63, 3.8) is 0 Å². The van der Waals surface area contributed by atoms with E-state index in [1.54, 1.807) is 18.2 Å². The summed E-state index contributed by atoms with van der Waals surface area (Å²) in [6, 6.07) is 12.3. The van der Waals surface area contributed by atoms with Crippen LogP contribution in [0.2, 0.25) is 0 Å². The van der Waals surface area contributed by atoms with Crippen molar-refractivity contribution in [3.05, 3.63) is 64.4 Å². The van der Waals surface area contributed by atoms with Gasteiger partial charge in [0.2, 0.25) is 11.0 Å². The number of ether oxygens (including phenoxy) is 2. The molecule has 1 N–H and O–H groups in total. The van der Waals surface area contributed by atoms with E-state index in [-0.39, 0.29) is 11.7 Å². The molecular weight excluding hydrogens is 393 g/mol. The van der Waals surface area contributed by atoms with Crippen molar-refractivity contribution in [1.29, 1.82) is 0 Å². The lowest BCUT2D eigenvalue weighted by atomic mass is 10.1. The molecule has 0 aliphatic carbocycles. The van der Waals surface area contributed by atoms with Gasteiger partial charge in [-0.3, -0.25) is 4.79 Å². The van der Waals surface area contributed by atoms with Crippen molar-refractivity contribution in [2.75, 3.05) is 18.5 Å². The molecule has 0 saturated heterocycles. The largest absolute Gasteiger partial charge is 0.490 e. The summed E-state index contributed by atoms with van der Waals surface area (Å²) in [7, 11) is 0. The molecule has 0 atom stereocenters. The van der Waals surface area contributed by atoms with Crippen LogP contribution in [0.3, 0.4) is 0 Å². The number of carbonyl (C=O) groups excluding carboxylic acids is 1. The average Bonchev–Trinajstić information content (AvgIpc) is 3.02. The smallest absolute Gasteiger partial charge is 0.226 e. The van der Waals surface area contributed by atoms with E-state index in [2.05, 4.69) is 15.5 Å². The monoisotopic (exact) mass is 413 g/mol. The van der Waals surface area contributed by atoms with Crippen molar-refractivity contribution in [1.82, 2.24) is 10.2 Å². The number of halogens is 1. The van der Waals surface area contributed by atoms with Gasteiger partial charge in [-0.25, -0.2) is 4.39 Å². The fraction of sp³-hybridized carbons (Fsp3) is 0.286. The molecule has 1 aliphatic heterocycles. The normalized spacial score (nSPS) is 13.0. The molecule has 6 nitrogen and oxygen atoms in total. The lowest BCUT2D eigenvalue weighted by Gasteiger charge is -2.09. The highest BCUT2D eigenvalue weighted by Gasteiger charge is 2.13. The van der Waals surface area contributed by atoms with E-state index < -0.39 is 0 Å². The molecular formula is C21H20FN3O3S. The van der Waals surface area contributed by atoms with Crippen LogP contribution >= 0.6 is 11.3 Å². The zero-order valence-corrected chi connectivity index (χ0v) is 16.5. The minimum absolute atomic E-state index is 0.147. The van der Waals surface area contributed by atoms with Crippen LogP contribution in [0, 0.1) is 5.82 Å². The first-order chi connectivity index (χ1) is 14.2. The molecule has 2 aromatic carbocycles. The minimum Gasteiger partial charge on any atom is -0.490 e. The van der Waals surface area contributed by atoms with Crippen LogP contribution in [-0.2, 0) is 17.6 Å². The molecule has 1 aliphatic rings. The van der Waals surface area contributed by atoms with Crippen molar-refractivity contribution in [2.24, 2.45) is 0 Å². The van der Waals surface area contributed by atoms with E-state index in [1.807, 2.05) is 18.2 Å². The number of anilines is 1. The molecule has 29 heavy (non-hydrogen) atoms. The molecule has 0 bridgehead atoms. The zero-order chi connectivity index (χ0) is 20.1. The third-order valence-corrected chi connectivity index (χ3v) is 5.30. The van der Waals surface area contributed by atoms with Gasteiger partial charge in [0.1, 0.15) is 10.8 Å². The van der Waals surface area contributed by atoms with Gasteiger partial charge in [-0.05, 0) is 35.7 Å². The molecule has 0 spiro atoms. The SMILES string of the molecule is O=C(CCc1ccc2c(c1)OCCCO2)Nc1nnc(Cc2ccccc2F)s1. The predicted molar refractivity (Wildman–Crippen MR) is 108 cm³/mol. The summed E-state index contributed by atoms with van der Waals surface area (Å²) >= 11 is 1.25. The maximum absolute atomic E-state index is 13.8. The summed E-state index contributed by atoms with van der Waals surface area (Å²) in [6.45, 7) is 1.28. The standard InChI is InChI=1S/C21H20FN3O3S/c22-16-5-2-1-4-15(16)13-20-24-25-21(29-20)23-19(26)9-7-14-6-8-17-18(12-14)28-11-3-10-27-17/h1-2,4-6,8,12H,3,7,9-11,13H2,(H,23,25,26). The topological polar surface area (TPSA) is 73.3 Å². The van der Waals surface area contributed by atoms with Gasteiger partial charge in [0, 0.05) is 19.3 Å². The number of carbonyl (C=O) groups is 1. The lowest BCUT2D eigenvalue weighted by molar-refractivity contribution is -0.116. The van der Waals surface area contributed by atoms with Crippen molar-refractivity contribution in [2.45, 2.75) is 25.7 Å². The lowest BCUT2D eigenvalue weighted by Crippen LogP contribution is -2.12. The van der Waals surface area contributed by atoms with Gasteiger partial charge in [-0.15, -0.1) is 10.2 Å². The van der Waals surface area contributed by atoms with E-state index in [0.29, 0.717) is 48.2 Å². The van der Waals surface area contributed by atoms with E-state index >= 15 is 0 Å². The molecule has 0 unspecified atom stereocenters. The maximum Gasteiger partial charge on any atom is 0.226 e. The van der Waals surface area contributed by atoms with E-state index in [4.69, 9.17) is 9.47 Å². The molecule has 3 aromatic rings. The Morgan fingerprint density at radius 2 is 1.93 bits per heavy atom. The fourth-order valence-corrected chi connectivity index (χ4v) is 3.76. The van der Waals surface area contributed by atoms with Crippen molar-refractivity contribution < 1.29 is 18.7 Å². The first-order valence-corrected chi connectivity index (χ1v) is 10.2. The van der Waals surface area contributed by atoms with Crippen LogP contribution in [-0.4, -0.2) is 29.3 Å². The van der Waals surface area contributed by atoms with Crippen molar-refractivity contribution in [3.8, 4) is 11.5 Å². The van der Waals surface area contributed by atoms with E-state index in [9.17, 15) is 9.18 Å². The van der Waals surface area contributed by atoms with Gasteiger partial charge in [-0.1, -0.05) is 35.6 Å². The molecule has 0 fully saturated rings. The number of nitrogens with zero attached hydrogens (tertiary/aromatic N) is 2. The Bertz CT molecular complexity index is 1010. The molecule has 0 saturated carbocycles. The zero-order valence-electron chi connectivity index (χ0n) is 15.7. The summed E-state index contributed by atoms with van der Waals surface area (Å²) in [5.41, 5.74) is 1.55. The second kappa shape index (κ2) is 9.00. The fourth-order valence-electron chi connectivity index (χ4n) is 2.98. The van der Waals surface area contributed by atoms with Crippen molar-refractivity contribution >= 4 is 22.4 Å². The van der Waals surface area contributed by atoms with Crippen LogP contribution in [0.25, 0.3) is 0 Å². The number of hydrogen-bond acceptors (Lipinski definition) is 6. The van der Waals surface area contributed by atoms with Gasteiger partial charge in [0.15, 0.2) is 11.5 Å². The summed E-state index contributed by atoms with van der Waals surface area (Å²) in [5.74, 6) is 1.04. The Morgan fingerprint density at radius 3 is 2.79 bits per heavy atom. The quantitative estimate of drug-likeness (QED) is 0.661. The highest BCUT2D eigenvalue weighted by Crippen LogP contribution is 2.30. The number of rotatable bonds is 6. The second-order valence-corrected chi connectivity index (χ2v) is 7.71. The van der Waals surface area contributed by atoms with Crippen LogP contribution in [0.5, 0.6) is 11.5 Å². The van der Waals surface area contributed by atoms with Gasteiger partial charge < -0.3 is 14.8 Å². The Labute approximate surface area is 171 Å². The summed E-state index contributed by atoms with van der Waals surface area (Å²) < 4.78 is 25.1. The summed E-state index contributed by atoms with van der Waals surface area (Å²) in [6.07, 6.45) is 2.08. The Kier molecular flexibility index (Phi) is 6.00. The molecule has 0 radical (unpaired) electrons. The predicted octanol–water partition coefficient (Wildman–Crippen LogP) is 4.00. The third-order valence-electron chi connectivity index (χ3n) is 4.47. The number of benzene rings is 2. The second-order valence-electron chi connectivity index (χ2n) is 6.65. The molecule has 8 heteroatoms. The van der Waals surface area contributed by atoms with Gasteiger partial charge >= 0.3 is 0 Å². The molecule has 1 aromatic heterocycles. The Hall–Kier alpha value is -3.00. The van der Waals surface area contributed by atoms with Gasteiger partial charge in [-0.2, -0.15) is 0 Å². The molecule has 1 amide bonds. The molecule has 4 rings (SSSR count). The number of fused-ring (bicyclic) bond motifs is 1. The number of nitrogens with one attached hydrogen (secondary N) is 1. The highest BCUT2D eigenvalue weighted by molar-refractivity contribution is 7.15. The average molecular weight is 413 g/mol. The van der Waals surface area contributed by atoms with E-state index in [0.717, 1.165) is 23.5 Å². The first kappa shape index (κ1) is 19.3. The molecule has 150 valence electrons. The minimum atomic E-state index is -0.275. The first-order valence-electron chi connectivity index (χ1n) is 9.41. The summed E-state index contributed by atoms with van der Waals surface area (Å²) in [5, 5.41) is 11.8. The summed E-state index contributed by atoms with van der Waals surface area (Å²) in [4.78, 5) is 12.3. The number of aryl methyl sites for hydroxylation is 1. The van der Waals surface area contributed by atoms with Crippen LogP contribution in [0.15, 0.2) is 42.5 Å². The molecule has 2 heterocycles. The Morgan fingerprint density at radius 1 is 1.10 bits per heavy atom. The third kappa shape index (κ3) is 5.08. The van der Waals surface area contributed by atoms with Crippen LogP contribution < -0.4 is 14.8 Å². The van der Waals surface area contributed by atoms with Crippen LogP contribution in [0.4, 0.5) is 9.52 Å². The Balaban J connectivity index is 1.31. The maximum atomic E-state index is 13.8. The van der Waals surface area contributed by atoms with E-state index in [1.165, 1.54) is 17.4 Å². The van der Waals surface area contributed by atoms with Gasteiger partial charge in [0.05, 0.1) is 13.2 Å². The van der Waals surface area contributed by atoms with Gasteiger partial charge in [0.25, 0.3) is 0 Å². The van der Waals surface area contributed by atoms with Crippen LogP contribution in [0.1, 0.15) is 29.0 Å². The number of hydrogen-bond donors (Lipinski definition) is 1. The number of amides is 1. The highest BCUT2D eigenvalue weighted by atomic mass is 32.1. The number of aromatic nitrogens is 2.